The maximum Gasteiger partial charge on any atom is 0.0286 e. The van der Waals surface area contributed by atoms with E-state index in [1.807, 2.05) is 0 Å². The molecule has 0 aromatic heterocycles. The number of benzene rings is 1. The number of rotatable bonds is 2. The lowest BCUT2D eigenvalue weighted by Gasteiger charge is -2.22. The van der Waals surface area contributed by atoms with Crippen LogP contribution in [0.25, 0.3) is 0 Å². The summed E-state index contributed by atoms with van der Waals surface area (Å²) >= 11 is 7.37. The molecule has 0 heterocycles. The SMILES string of the molecule is CC(C)(C)c1cc(Br)c(C2CC2)c(CBr)c1. The first-order valence-corrected chi connectivity index (χ1v) is 7.73. The molecule has 0 nitrogen and oxygen atoms in total. The van der Waals surface area contributed by atoms with E-state index in [0.29, 0.717) is 0 Å². The zero-order chi connectivity index (χ0) is 11.9. The lowest BCUT2D eigenvalue weighted by Crippen LogP contribution is -2.12. The van der Waals surface area contributed by atoms with Crippen molar-refractivity contribution in [3.05, 3.63) is 33.3 Å². The first kappa shape index (κ1) is 12.6. The van der Waals surface area contributed by atoms with Gasteiger partial charge in [-0.2, -0.15) is 0 Å². The summed E-state index contributed by atoms with van der Waals surface area (Å²) in [6.45, 7) is 6.80. The van der Waals surface area contributed by atoms with Gasteiger partial charge in [-0.25, -0.2) is 0 Å². The Labute approximate surface area is 115 Å². The van der Waals surface area contributed by atoms with Crippen LogP contribution in [0.4, 0.5) is 0 Å². The van der Waals surface area contributed by atoms with Crippen molar-refractivity contribution in [2.75, 3.05) is 0 Å². The van der Waals surface area contributed by atoms with E-state index < -0.39 is 0 Å². The minimum Gasteiger partial charge on any atom is -0.0876 e. The topological polar surface area (TPSA) is 0 Å². The van der Waals surface area contributed by atoms with Crippen molar-refractivity contribution in [1.29, 1.82) is 0 Å². The summed E-state index contributed by atoms with van der Waals surface area (Å²) in [5.74, 6) is 0.802. The summed E-state index contributed by atoms with van der Waals surface area (Å²) in [5, 5.41) is 0.960. The Hall–Kier alpha value is 0.180. The van der Waals surface area contributed by atoms with Crippen LogP contribution in [0, 0.1) is 0 Å². The molecule has 16 heavy (non-hydrogen) atoms. The Kier molecular flexibility index (Phi) is 3.52. The van der Waals surface area contributed by atoms with Gasteiger partial charge in [0.05, 0.1) is 0 Å². The predicted octanol–water partition coefficient (Wildman–Crippen LogP) is 5.52. The van der Waals surface area contributed by atoms with E-state index >= 15 is 0 Å². The fourth-order valence-electron chi connectivity index (χ4n) is 2.05. The molecule has 0 amide bonds. The van der Waals surface area contributed by atoms with Crippen LogP contribution in [0.15, 0.2) is 16.6 Å². The minimum absolute atomic E-state index is 0.224. The highest BCUT2D eigenvalue weighted by atomic mass is 79.9. The van der Waals surface area contributed by atoms with Crippen molar-refractivity contribution in [2.45, 2.75) is 50.3 Å². The van der Waals surface area contributed by atoms with Crippen LogP contribution in [0.5, 0.6) is 0 Å². The lowest BCUT2D eigenvalue weighted by atomic mass is 9.85. The number of hydrogen-bond acceptors (Lipinski definition) is 0. The monoisotopic (exact) mass is 344 g/mol. The lowest BCUT2D eigenvalue weighted by molar-refractivity contribution is 0.589. The van der Waals surface area contributed by atoms with E-state index in [1.165, 1.54) is 34.0 Å². The second kappa shape index (κ2) is 4.45. The van der Waals surface area contributed by atoms with Gasteiger partial charge in [-0.1, -0.05) is 58.7 Å². The van der Waals surface area contributed by atoms with E-state index in [-0.39, 0.29) is 5.41 Å². The summed E-state index contributed by atoms with van der Waals surface area (Å²) in [5.41, 5.74) is 4.63. The van der Waals surface area contributed by atoms with Crippen molar-refractivity contribution in [3.63, 3.8) is 0 Å². The van der Waals surface area contributed by atoms with Crippen molar-refractivity contribution >= 4 is 31.9 Å². The van der Waals surface area contributed by atoms with Crippen LogP contribution < -0.4 is 0 Å². The molecule has 1 aromatic carbocycles. The summed E-state index contributed by atoms with van der Waals surface area (Å²) < 4.78 is 1.30. The molecule has 0 unspecified atom stereocenters. The molecule has 1 saturated carbocycles. The minimum atomic E-state index is 0.224. The summed E-state index contributed by atoms with van der Waals surface area (Å²) in [7, 11) is 0. The zero-order valence-corrected chi connectivity index (χ0v) is 13.3. The normalized spacial score (nSPS) is 16.6. The van der Waals surface area contributed by atoms with Crippen molar-refractivity contribution in [2.24, 2.45) is 0 Å². The van der Waals surface area contributed by atoms with Gasteiger partial charge >= 0.3 is 0 Å². The van der Waals surface area contributed by atoms with Gasteiger partial charge in [0.2, 0.25) is 0 Å². The van der Waals surface area contributed by atoms with Crippen LogP contribution in [0.2, 0.25) is 0 Å². The molecule has 0 aliphatic heterocycles. The van der Waals surface area contributed by atoms with Crippen LogP contribution in [-0.4, -0.2) is 0 Å². The van der Waals surface area contributed by atoms with E-state index in [4.69, 9.17) is 0 Å². The number of alkyl halides is 1. The van der Waals surface area contributed by atoms with Crippen molar-refractivity contribution in [1.82, 2.24) is 0 Å². The fraction of sp³-hybridized carbons (Fsp3) is 0.571. The maximum atomic E-state index is 3.75. The summed E-state index contributed by atoms with van der Waals surface area (Å²) in [6, 6.07) is 4.67. The molecule has 1 aliphatic carbocycles. The molecule has 0 spiro atoms. The maximum absolute atomic E-state index is 3.75. The van der Waals surface area contributed by atoms with Gasteiger partial charge in [-0.15, -0.1) is 0 Å². The van der Waals surface area contributed by atoms with Gasteiger partial charge in [-0.3, -0.25) is 0 Å². The Morgan fingerprint density at radius 3 is 2.31 bits per heavy atom. The van der Waals surface area contributed by atoms with E-state index in [2.05, 4.69) is 64.8 Å². The van der Waals surface area contributed by atoms with Gasteiger partial charge in [-0.05, 0) is 46.9 Å². The van der Waals surface area contributed by atoms with Crippen LogP contribution >= 0.6 is 31.9 Å². The summed E-state index contributed by atoms with van der Waals surface area (Å²) in [6.07, 6.45) is 2.71. The molecule has 0 bridgehead atoms. The second-order valence-corrected chi connectivity index (χ2v) is 7.10. The molecule has 1 aromatic rings. The van der Waals surface area contributed by atoms with Crippen LogP contribution in [0.1, 0.15) is 56.2 Å². The predicted molar refractivity (Wildman–Crippen MR) is 77.4 cm³/mol. The Morgan fingerprint density at radius 1 is 1.25 bits per heavy atom. The van der Waals surface area contributed by atoms with Crippen LogP contribution in [0.3, 0.4) is 0 Å². The van der Waals surface area contributed by atoms with Crippen molar-refractivity contribution in [3.8, 4) is 0 Å². The number of halogens is 2. The van der Waals surface area contributed by atoms with Gasteiger partial charge in [0.1, 0.15) is 0 Å². The average Bonchev–Trinajstić information content (AvgIpc) is 2.98. The smallest absolute Gasteiger partial charge is 0.0286 e. The average molecular weight is 346 g/mol. The molecule has 2 rings (SSSR count). The van der Waals surface area contributed by atoms with Gasteiger partial charge in [0.25, 0.3) is 0 Å². The molecule has 1 fully saturated rings. The second-order valence-electron chi connectivity index (χ2n) is 5.69. The standard InChI is InChI=1S/C14H18Br2/c1-14(2,3)11-6-10(8-15)13(9-4-5-9)12(16)7-11/h6-7,9H,4-5,8H2,1-3H3. The number of hydrogen-bond donors (Lipinski definition) is 0. The largest absolute Gasteiger partial charge is 0.0876 e. The molecular formula is C14H18Br2. The van der Waals surface area contributed by atoms with Crippen LogP contribution in [-0.2, 0) is 10.7 Å². The molecule has 0 saturated heterocycles. The molecule has 0 radical (unpaired) electrons. The molecule has 1 aliphatic rings. The third kappa shape index (κ3) is 2.53. The Bertz CT molecular complexity index is 398. The first-order valence-electron chi connectivity index (χ1n) is 5.82. The third-order valence-corrected chi connectivity index (χ3v) is 4.47. The quantitative estimate of drug-likeness (QED) is 0.619. The molecule has 2 heteroatoms. The van der Waals surface area contributed by atoms with Gasteiger partial charge < -0.3 is 0 Å². The Morgan fingerprint density at radius 2 is 1.88 bits per heavy atom. The molecule has 88 valence electrons. The van der Waals surface area contributed by atoms with E-state index in [0.717, 1.165) is 11.2 Å². The first-order chi connectivity index (χ1) is 7.43. The van der Waals surface area contributed by atoms with E-state index in [1.54, 1.807) is 0 Å². The van der Waals surface area contributed by atoms with E-state index in [9.17, 15) is 0 Å². The summed E-state index contributed by atoms with van der Waals surface area (Å²) in [4.78, 5) is 0. The van der Waals surface area contributed by atoms with Gasteiger partial charge in [0.15, 0.2) is 0 Å². The molecule has 0 N–H and O–H groups in total. The zero-order valence-electron chi connectivity index (χ0n) is 10.1. The highest BCUT2D eigenvalue weighted by Gasteiger charge is 2.29. The van der Waals surface area contributed by atoms with Crippen molar-refractivity contribution < 1.29 is 0 Å². The molecule has 0 atom stereocenters. The highest BCUT2D eigenvalue weighted by Crippen LogP contribution is 2.46. The van der Waals surface area contributed by atoms with Gasteiger partial charge in [0, 0.05) is 9.80 Å². The third-order valence-electron chi connectivity index (χ3n) is 3.21. The fourth-order valence-corrected chi connectivity index (χ4v) is 3.34. The Balaban J connectivity index is 2.50. The molecular weight excluding hydrogens is 328 g/mol. The highest BCUT2D eigenvalue weighted by molar-refractivity contribution is 9.10.